The van der Waals surface area contributed by atoms with E-state index in [4.69, 9.17) is 9.47 Å². The molecule has 4 aliphatic rings. The smallest absolute Gasteiger partial charge is 0.127 e. The van der Waals surface area contributed by atoms with Crippen molar-refractivity contribution in [2.24, 2.45) is 29.6 Å². The van der Waals surface area contributed by atoms with Crippen molar-refractivity contribution in [3.8, 4) is 5.75 Å². The second-order valence-corrected chi connectivity index (χ2v) is 10.6. The summed E-state index contributed by atoms with van der Waals surface area (Å²) in [5.41, 5.74) is 2.51. The van der Waals surface area contributed by atoms with E-state index in [9.17, 15) is 0 Å². The third kappa shape index (κ3) is 4.02. The molecule has 0 saturated heterocycles. The van der Waals surface area contributed by atoms with Crippen molar-refractivity contribution < 1.29 is 9.47 Å². The van der Waals surface area contributed by atoms with Crippen LogP contribution >= 0.6 is 0 Å². The lowest BCUT2D eigenvalue weighted by Gasteiger charge is -2.34. The molecule has 1 aliphatic heterocycles. The number of hydrogen-bond donors (Lipinski definition) is 0. The van der Waals surface area contributed by atoms with Gasteiger partial charge in [0.15, 0.2) is 0 Å². The molecule has 3 unspecified atom stereocenters. The van der Waals surface area contributed by atoms with Crippen LogP contribution < -0.4 is 4.74 Å². The molecule has 2 aromatic rings. The highest BCUT2D eigenvalue weighted by Gasteiger charge is 2.34. The summed E-state index contributed by atoms with van der Waals surface area (Å²) < 4.78 is 13.4. The standard InChI is InChI=1S/C32H36O2/c1-2-7-22-12-14-23(15-13-22)26-20-33-29-18-16-24-8-3-5-10-27(24)31(29)32-28-11-6-4-9-25(28)17-19-30(32)34-21-26/h3-6,8-11,16-19,22-24,26-27H,2,7,12-15,20-21H2,1H3. The van der Waals surface area contributed by atoms with Gasteiger partial charge in [-0.15, -0.1) is 0 Å². The van der Waals surface area contributed by atoms with Crippen LogP contribution in [-0.2, 0) is 4.74 Å². The van der Waals surface area contributed by atoms with Crippen LogP contribution in [0.1, 0.15) is 51.0 Å². The van der Waals surface area contributed by atoms with Crippen molar-refractivity contribution in [3.63, 3.8) is 0 Å². The summed E-state index contributed by atoms with van der Waals surface area (Å²) in [6, 6.07) is 13.1. The molecule has 6 rings (SSSR count). The number of benzene rings is 2. The molecule has 0 spiro atoms. The van der Waals surface area contributed by atoms with Gasteiger partial charge in [0.1, 0.15) is 11.5 Å². The quantitative estimate of drug-likeness (QED) is 0.468. The Bertz CT molecular complexity index is 1160. The van der Waals surface area contributed by atoms with Crippen molar-refractivity contribution in [1.82, 2.24) is 0 Å². The van der Waals surface area contributed by atoms with Crippen molar-refractivity contribution in [1.29, 1.82) is 0 Å². The van der Waals surface area contributed by atoms with E-state index in [0.717, 1.165) is 30.6 Å². The fourth-order valence-corrected chi connectivity index (χ4v) is 6.69. The Hall–Kier alpha value is -2.74. The zero-order valence-electron chi connectivity index (χ0n) is 20.3. The van der Waals surface area contributed by atoms with Crippen LogP contribution in [0.5, 0.6) is 5.75 Å². The minimum absolute atomic E-state index is 0.277. The van der Waals surface area contributed by atoms with Gasteiger partial charge in [-0.05, 0) is 47.6 Å². The summed E-state index contributed by atoms with van der Waals surface area (Å²) in [5.74, 6) is 4.74. The Balaban J connectivity index is 1.39. The predicted octanol–water partition coefficient (Wildman–Crippen LogP) is 8.11. The van der Waals surface area contributed by atoms with E-state index in [-0.39, 0.29) is 5.92 Å². The van der Waals surface area contributed by atoms with Crippen molar-refractivity contribution in [3.05, 3.63) is 84.2 Å². The average Bonchev–Trinajstić information content (AvgIpc) is 2.97. The first-order chi connectivity index (χ1) is 16.8. The lowest BCUT2D eigenvalue weighted by atomic mass is 9.75. The average molecular weight is 453 g/mol. The normalized spacial score (nSPS) is 30.3. The molecule has 0 aromatic heterocycles. The first kappa shape index (κ1) is 21.8. The number of rotatable bonds is 3. The third-order valence-electron chi connectivity index (χ3n) is 8.57. The largest absolute Gasteiger partial charge is 0.493 e. The Morgan fingerprint density at radius 3 is 2.53 bits per heavy atom. The molecule has 0 bridgehead atoms. The van der Waals surface area contributed by atoms with Crippen LogP contribution in [0.4, 0.5) is 0 Å². The predicted molar refractivity (Wildman–Crippen MR) is 141 cm³/mol. The molecule has 176 valence electrons. The maximum absolute atomic E-state index is 6.72. The van der Waals surface area contributed by atoms with Gasteiger partial charge in [0.25, 0.3) is 0 Å². The van der Waals surface area contributed by atoms with Gasteiger partial charge in [-0.3, -0.25) is 0 Å². The van der Waals surface area contributed by atoms with Crippen LogP contribution in [0.25, 0.3) is 16.3 Å². The van der Waals surface area contributed by atoms with Gasteiger partial charge in [-0.25, -0.2) is 0 Å². The van der Waals surface area contributed by atoms with E-state index < -0.39 is 0 Å². The van der Waals surface area contributed by atoms with Crippen LogP contribution in [-0.4, -0.2) is 13.2 Å². The van der Waals surface area contributed by atoms with E-state index in [1.807, 2.05) is 0 Å². The fourth-order valence-electron chi connectivity index (χ4n) is 6.69. The molecule has 0 amide bonds. The Morgan fingerprint density at radius 1 is 0.824 bits per heavy atom. The van der Waals surface area contributed by atoms with Crippen molar-refractivity contribution in [2.75, 3.05) is 13.2 Å². The van der Waals surface area contributed by atoms with Gasteiger partial charge in [0.2, 0.25) is 0 Å². The summed E-state index contributed by atoms with van der Waals surface area (Å²) in [7, 11) is 0. The molecule has 2 aromatic carbocycles. The van der Waals surface area contributed by atoms with E-state index >= 15 is 0 Å². The Morgan fingerprint density at radius 2 is 1.65 bits per heavy atom. The number of allylic oxidation sites excluding steroid dienone is 7. The second-order valence-electron chi connectivity index (χ2n) is 10.6. The zero-order valence-corrected chi connectivity index (χ0v) is 20.3. The molecule has 1 heterocycles. The number of fused-ring (bicyclic) bond motifs is 6. The molecule has 1 fully saturated rings. The van der Waals surface area contributed by atoms with E-state index in [0.29, 0.717) is 17.8 Å². The van der Waals surface area contributed by atoms with Gasteiger partial charge in [0.05, 0.1) is 13.2 Å². The molecule has 3 atom stereocenters. The molecule has 1 saturated carbocycles. The number of hydrogen-bond acceptors (Lipinski definition) is 2. The molecule has 0 radical (unpaired) electrons. The second kappa shape index (κ2) is 9.49. The van der Waals surface area contributed by atoms with Crippen molar-refractivity contribution >= 4 is 16.3 Å². The highest BCUT2D eigenvalue weighted by atomic mass is 16.5. The SMILES string of the molecule is CCCC1CCC(C2COC3=C(c4c(ccc5ccccc45)OC2)C2C=CC=CC2C=C3)CC1. The van der Waals surface area contributed by atoms with Gasteiger partial charge in [0, 0.05) is 28.9 Å². The minimum Gasteiger partial charge on any atom is -0.493 e. The molecule has 2 heteroatoms. The summed E-state index contributed by atoms with van der Waals surface area (Å²) in [6.45, 7) is 3.80. The van der Waals surface area contributed by atoms with Crippen molar-refractivity contribution in [2.45, 2.75) is 45.4 Å². The summed E-state index contributed by atoms with van der Waals surface area (Å²) in [5, 5.41) is 2.51. The lowest BCUT2D eigenvalue weighted by molar-refractivity contribution is 0.0731. The highest BCUT2D eigenvalue weighted by molar-refractivity contribution is 5.98. The first-order valence-corrected chi connectivity index (χ1v) is 13.4. The summed E-state index contributed by atoms with van der Waals surface area (Å²) >= 11 is 0. The minimum atomic E-state index is 0.277. The maximum Gasteiger partial charge on any atom is 0.127 e. The van der Waals surface area contributed by atoms with Crippen LogP contribution in [0.15, 0.2) is 78.6 Å². The molecule has 0 N–H and O–H groups in total. The fraction of sp³-hybridized carbons (Fsp3) is 0.438. The topological polar surface area (TPSA) is 18.5 Å². The molecule has 34 heavy (non-hydrogen) atoms. The lowest BCUT2D eigenvalue weighted by Crippen LogP contribution is -2.29. The maximum atomic E-state index is 6.72. The van der Waals surface area contributed by atoms with E-state index in [1.165, 1.54) is 60.4 Å². The zero-order chi connectivity index (χ0) is 22.9. The van der Waals surface area contributed by atoms with Crippen LogP contribution in [0.3, 0.4) is 0 Å². The van der Waals surface area contributed by atoms with E-state index in [1.54, 1.807) is 0 Å². The number of ether oxygens (including phenoxy) is 2. The molecule has 2 nitrogen and oxygen atoms in total. The third-order valence-corrected chi connectivity index (χ3v) is 8.57. The monoisotopic (exact) mass is 452 g/mol. The Labute approximate surface area is 204 Å². The summed E-state index contributed by atoms with van der Waals surface area (Å²) in [4.78, 5) is 0. The Kier molecular flexibility index (Phi) is 6.07. The molecular weight excluding hydrogens is 416 g/mol. The van der Waals surface area contributed by atoms with Gasteiger partial charge in [-0.1, -0.05) is 93.3 Å². The van der Waals surface area contributed by atoms with Crippen LogP contribution in [0.2, 0.25) is 0 Å². The molecule has 3 aliphatic carbocycles. The summed E-state index contributed by atoms with van der Waals surface area (Å²) in [6.07, 6.45) is 21.6. The van der Waals surface area contributed by atoms with Gasteiger partial charge in [-0.2, -0.15) is 0 Å². The highest BCUT2D eigenvalue weighted by Crippen LogP contribution is 2.47. The van der Waals surface area contributed by atoms with Crippen LogP contribution in [0, 0.1) is 29.6 Å². The van der Waals surface area contributed by atoms with Gasteiger partial charge < -0.3 is 9.47 Å². The molecular formula is C32H36O2. The van der Waals surface area contributed by atoms with E-state index in [2.05, 4.69) is 79.8 Å². The first-order valence-electron chi connectivity index (χ1n) is 13.4. The van der Waals surface area contributed by atoms with Gasteiger partial charge >= 0.3 is 0 Å².